The Morgan fingerprint density at radius 1 is 1.00 bits per heavy atom. The molecule has 0 radical (unpaired) electrons. The number of rotatable bonds is 0. The van der Waals surface area contributed by atoms with Gasteiger partial charge in [-0.25, -0.2) is 0 Å². The van der Waals surface area contributed by atoms with E-state index in [4.69, 9.17) is 0 Å². The molecular weight excluding hydrogens is 146 g/mol. The average molecular weight is 167 g/mol. The Morgan fingerprint density at radius 2 is 1.50 bits per heavy atom. The number of nitrogens with zero attached hydrogens (tertiary/aromatic N) is 1. The zero-order valence-corrected chi connectivity index (χ0v) is 8.80. The van der Waals surface area contributed by atoms with Gasteiger partial charge in [0.2, 0.25) is 0 Å². The van der Waals surface area contributed by atoms with Gasteiger partial charge in [-0.05, 0) is 46.0 Å². The molecule has 12 heavy (non-hydrogen) atoms. The first-order valence-corrected chi connectivity index (χ1v) is 5.27. The highest BCUT2D eigenvalue weighted by Gasteiger charge is 2.48. The predicted octanol–water partition coefficient (Wildman–Crippen LogP) is 2.66. The molecule has 1 aliphatic carbocycles. The molecule has 1 unspecified atom stereocenters. The lowest BCUT2D eigenvalue weighted by Gasteiger charge is -2.60. The van der Waals surface area contributed by atoms with Crippen LogP contribution in [0.15, 0.2) is 0 Å². The minimum Gasteiger partial charge on any atom is -0.292 e. The van der Waals surface area contributed by atoms with Crippen molar-refractivity contribution in [1.82, 2.24) is 4.90 Å². The summed E-state index contributed by atoms with van der Waals surface area (Å²) in [5, 5.41) is 0. The van der Waals surface area contributed by atoms with E-state index in [0.29, 0.717) is 5.54 Å². The van der Waals surface area contributed by atoms with Gasteiger partial charge in [0.25, 0.3) is 0 Å². The fourth-order valence-corrected chi connectivity index (χ4v) is 3.24. The zero-order chi connectivity index (χ0) is 8.93. The van der Waals surface area contributed by atoms with Crippen LogP contribution in [0, 0.1) is 5.92 Å². The van der Waals surface area contributed by atoms with Crippen molar-refractivity contribution < 1.29 is 0 Å². The third-order valence-electron chi connectivity index (χ3n) is 3.45. The topological polar surface area (TPSA) is 3.24 Å². The van der Waals surface area contributed by atoms with E-state index in [1.807, 2.05) is 0 Å². The Balaban J connectivity index is 2.05. The van der Waals surface area contributed by atoms with Crippen LogP contribution in [0.2, 0.25) is 0 Å². The maximum Gasteiger partial charge on any atom is 0.0130 e. The molecule has 0 aromatic heterocycles. The Kier molecular flexibility index (Phi) is 1.76. The molecule has 2 heterocycles. The summed E-state index contributed by atoms with van der Waals surface area (Å²) in [5.41, 5.74) is 0.410. The third-order valence-corrected chi connectivity index (χ3v) is 3.45. The first-order valence-electron chi connectivity index (χ1n) is 5.27. The molecule has 70 valence electrons. The van der Waals surface area contributed by atoms with Crippen molar-refractivity contribution in [1.29, 1.82) is 0 Å². The van der Waals surface area contributed by atoms with E-state index >= 15 is 0 Å². The molecule has 0 amide bonds. The molecule has 1 saturated carbocycles. The van der Waals surface area contributed by atoms with E-state index < -0.39 is 0 Å². The first-order chi connectivity index (χ1) is 5.48. The fourth-order valence-electron chi connectivity index (χ4n) is 3.24. The lowest BCUT2D eigenvalue weighted by Crippen LogP contribution is -2.66. The zero-order valence-electron chi connectivity index (χ0n) is 8.80. The fraction of sp³-hybridized carbons (Fsp3) is 1.00. The summed E-state index contributed by atoms with van der Waals surface area (Å²) in [5.74, 6) is 0.979. The van der Waals surface area contributed by atoms with E-state index in [-0.39, 0.29) is 0 Å². The average Bonchev–Trinajstić information content (AvgIpc) is 1.81. The van der Waals surface area contributed by atoms with E-state index in [1.165, 1.54) is 19.3 Å². The van der Waals surface area contributed by atoms with Gasteiger partial charge in [0.1, 0.15) is 0 Å². The van der Waals surface area contributed by atoms with Crippen molar-refractivity contribution in [2.24, 2.45) is 5.92 Å². The molecule has 0 aromatic rings. The van der Waals surface area contributed by atoms with Crippen LogP contribution in [0.5, 0.6) is 0 Å². The summed E-state index contributed by atoms with van der Waals surface area (Å²) in [6, 6.07) is 1.83. The van der Waals surface area contributed by atoms with Gasteiger partial charge < -0.3 is 0 Å². The molecule has 1 nitrogen and oxygen atoms in total. The van der Waals surface area contributed by atoms with Gasteiger partial charge in [-0.3, -0.25) is 4.90 Å². The molecule has 2 aliphatic heterocycles. The number of hydrogen-bond acceptors (Lipinski definition) is 1. The maximum atomic E-state index is 2.73. The minimum absolute atomic E-state index is 0.410. The van der Waals surface area contributed by atoms with Crippen LogP contribution in [0.3, 0.4) is 0 Å². The van der Waals surface area contributed by atoms with E-state index in [2.05, 4.69) is 32.6 Å². The van der Waals surface area contributed by atoms with Gasteiger partial charge in [0.05, 0.1) is 0 Å². The molecule has 3 atom stereocenters. The van der Waals surface area contributed by atoms with Gasteiger partial charge in [-0.15, -0.1) is 0 Å². The normalized spacial score (nSPS) is 42.5. The Hall–Kier alpha value is -0.0400. The van der Waals surface area contributed by atoms with Crippen molar-refractivity contribution in [2.45, 2.75) is 64.6 Å². The lowest BCUT2D eigenvalue weighted by atomic mass is 9.72. The molecule has 3 rings (SSSR count). The summed E-state index contributed by atoms with van der Waals surface area (Å²) in [7, 11) is 0. The number of hydrogen-bond donors (Lipinski definition) is 0. The van der Waals surface area contributed by atoms with Crippen LogP contribution in [-0.4, -0.2) is 22.5 Å². The SMILES string of the molecule is CC1C[C@@H]2C[C@H](C1)N2C(C)(C)C. The van der Waals surface area contributed by atoms with Crippen LogP contribution in [0.1, 0.15) is 47.0 Å². The van der Waals surface area contributed by atoms with Gasteiger partial charge in [-0.2, -0.15) is 0 Å². The predicted molar refractivity (Wildman–Crippen MR) is 52.2 cm³/mol. The van der Waals surface area contributed by atoms with Crippen molar-refractivity contribution in [3.8, 4) is 0 Å². The van der Waals surface area contributed by atoms with Gasteiger partial charge in [0.15, 0.2) is 0 Å². The second kappa shape index (κ2) is 2.47. The molecular formula is C11H21N. The first kappa shape index (κ1) is 8.55. The quantitative estimate of drug-likeness (QED) is 0.536. The van der Waals surface area contributed by atoms with Crippen molar-refractivity contribution >= 4 is 0 Å². The molecule has 0 aromatic carbocycles. The molecule has 0 N–H and O–H groups in total. The largest absolute Gasteiger partial charge is 0.292 e. The van der Waals surface area contributed by atoms with Gasteiger partial charge in [-0.1, -0.05) is 6.92 Å². The van der Waals surface area contributed by atoms with Crippen LogP contribution < -0.4 is 0 Å². The van der Waals surface area contributed by atoms with E-state index in [9.17, 15) is 0 Å². The minimum atomic E-state index is 0.410. The van der Waals surface area contributed by atoms with Crippen LogP contribution in [-0.2, 0) is 0 Å². The molecule has 2 saturated heterocycles. The van der Waals surface area contributed by atoms with Crippen molar-refractivity contribution in [2.75, 3.05) is 0 Å². The second-order valence-corrected chi connectivity index (χ2v) is 5.70. The smallest absolute Gasteiger partial charge is 0.0130 e. The summed E-state index contributed by atoms with van der Waals surface area (Å²) < 4.78 is 0. The second-order valence-electron chi connectivity index (χ2n) is 5.70. The maximum absolute atomic E-state index is 2.73. The summed E-state index contributed by atoms with van der Waals surface area (Å²) in [4.78, 5) is 2.73. The molecule has 1 heteroatoms. The summed E-state index contributed by atoms with van der Waals surface area (Å²) in [6.45, 7) is 9.45. The lowest BCUT2D eigenvalue weighted by molar-refractivity contribution is -0.105. The molecule has 0 spiro atoms. The van der Waals surface area contributed by atoms with E-state index in [1.54, 1.807) is 0 Å². The number of fused-ring (bicyclic) bond motifs is 2. The van der Waals surface area contributed by atoms with Crippen LogP contribution in [0.25, 0.3) is 0 Å². The highest BCUT2D eigenvalue weighted by Crippen LogP contribution is 2.44. The monoisotopic (exact) mass is 167 g/mol. The highest BCUT2D eigenvalue weighted by molar-refractivity contribution is 5.03. The van der Waals surface area contributed by atoms with Crippen LogP contribution >= 0.6 is 0 Å². The Bertz CT molecular complexity index is 168. The van der Waals surface area contributed by atoms with E-state index in [0.717, 1.165) is 18.0 Å². The number of piperidine rings is 1. The van der Waals surface area contributed by atoms with Crippen molar-refractivity contribution in [3.63, 3.8) is 0 Å². The molecule has 3 fully saturated rings. The highest BCUT2D eigenvalue weighted by atomic mass is 15.3. The summed E-state index contributed by atoms with van der Waals surface area (Å²) in [6.07, 6.45) is 4.35. The Labute approximate surface area is 76.1 Å². The Morgan fingerprint density at radius 3 is 1.92 bits per heavy atom. The van der Waals surface area contributed by atoms with Gasteiger partial charge in [0, 0.05) is 17.6 Å². The summed E-state index contributed by atoms with van der Waals surface area (Å²) >= 11 is 0. The van der Waals surface area contributed by atoms with Crippen LogP contribution in [0.4, 0.5) is 0 Å². The molecule has 2 bridgehead atoms. The molecule has 3 aliphatic rings. The van der Waals surface area contributed by atoms with Crippen molar-refractivity contribution in [3.05, 3.63) is 0 Å². The standard InChI is InChI=1S/C11H21N/c1-8-5-9-7-10(6-8)12(9)11(2,3)4/h8-10H,5-7H2,1-4H3/t8?,9-,10+. The van der Waals surface area contributed by atoms with Gasteiger partial charge >= 0.3 is 0 Å². The third kappa shape index (κ3) is 1.19.